The molecule has 0 spiro atoms. The van der Waals surface area contributed by atoms with Gasteiger partial charge < -0.3 is 34.1 Å². The van der Waals surface area contributed by atoms with Gasteiger partial charge in [-0.2, -0.15) is 0 Å². The van der Waals surface area contributed by atoms with Crippen LogP contribution in [-0.4, -0.2) is 56.5 Å². The average molecular weight is 533 g/mol. The highest BCUT2D eigenvalue weighted by Gasteiger charge is 2.26. The van der Waals surface area contributed by atoms with Gasteiger partial charge in [0.1, 0.15) is 23.8 Å². The molecule has 0 aliphatic heterocycles. The van der Waals surface area contributed by atoms with Crippen LogP contribution in [0.3, 0.4) is 0 Å². The van der Waals surface area contributed by atoms with E-state index in [1.807, 2.05) is 54.6 Å². The number of hydrogen-bond acceptors (Lipinski definition) is 8. The van der Waals surface area contributed by atoms with E-state index < -0.39 is 11.9 Å². The molecule has 39 heavy (non-hydrogen) atoms. The molecule has 204 valence electrons. The highest BCUT2D eigenvalue weighted by Crippen LogP contribution is 2.33. The number of nitrogens with zero attached hydrogens (tertiary/aromatic N) is 2. The third-order valence-electron chi connectivity index (χ3n) is 6.23. The number of nitrogens with one attached hydrogen (secondary N) is 2. The van der Waals surface area contributed by atoms with Crippen molar-refractivity contribution in [3.63, 3.8) is 0 Å². The summed E-state index contributed by atoms with van der Waals surface area (Å²) in [7, 11) is 5.99. The van der Waals surface area contributed by atoms with Crippen LogP contribution in [0.5, 0.6) is 11.5 Å². The van der Waals surface area contributed by atoms with Gasteiger partial charge in [-0.1, -0.05) is 24.3 Å². The number of benzene rings is 2. The van der Waals surface area contributed by atoms with Crippen molar-refractivity contribution in [3.8, 4) is 11.5 Å². The maximum atomic E-state index is 13.0. The van der Waals surface area contributed by atoms with Crippen molar-refractivity contribution in [2.45, 2.75) is 19.5 Å². The van der Waals surface area contributed by atoms with E-state index in [0.29, 0.717) is 36.2 Å². The van der Waals surface area contributed by atoms with Crippen LogP contribution in [0.1, 0.15) is 21.6 Å². The molecule has 0 saturated carbocycles. The lowest BCUT2D eigenvalue weighted by Crippen LogP contribution is -2.20. The Balaban J connectivity index is 1.72. The maximum absolute atomic E-state index is 13.0. The molecule has 0 aliphatic carbocycles. The van der Waals surface area contributed by atoms with Crippen LogP contribution in [-0.2, 0) is 33.8 Å². The molecule has 2 N–H and O–H groups in total. The predicted molar refractivity (Wildman–Crippen MR) is 149 cm³/mol. The molecule has 10 heteroatoms. The van der Waals surface area contributed by atoms with Gasteiger partial charge in [0.25, 0.3) is 0 Å². The van der Waals surface area contributed by atoms with Crippen molar-refractivity contribution in [3.05, 3.63) is 77.6 Å². The minimum atomic E-state index is -0.582. The molecule has 10 nitrogen and oxygen atoms in total. The highest BCUT2D eigenvalue weighted by molar-refractivity contribution is 6.11. The Morgan fingerprint density at radius 1 is 0.923 bits per heavy atom. The molecule has 0 aliphatic rings. The van der Waals surface area contributed by atoms with Crippen LogP contribution >= 0.6 is 0 Å². The van der Waals surface area contributed by atoms with Gasteiger partial charge >= 0.3 is 5.97 Å². The number of aryl methyl sites for hydroxylation is 2. The second-order valence-corrected chi connectivity index (χ2v) is 8.75. The third-order valence-corrected chi connectivity index (χ3v) is 6.23. The number of fused-ring (bicyclic) bond motifs is 1. The summed E-state index contributed by atoms with van der Waals surface area (Å²) in [5.41, 5.74) is 3.87. The number of ether oxygens (including phenoxy) is 4. The molecule has 2 aromatic carbocycles. The standard InChI is InChI=1S/C29H32N4O6/c1-36-18-25(34)32-26-24-15-21(30-16-20-6-5-7-23(14-20)38-3)17-31-28(24)33(27(26)29(35)39-4)13-12-19-8-10-22(37-2)11-9-19/h5-11,14-15,17,30H,12-13,16,18H2,1-4H3,(H,32,34). The molecule has 2 heterocycles. The molecule has 4 rings (SSSR count). The number of esters is 1. The largest absolute Gasteiger partial charge is 0.497 e. The fraction of sp³-hybridized carbons (Fsp3) is 0.276. The first-order valence-electron chi connectivity index (χ1n) is 12.4. The SMILES string of the molecule is COCC(=O)Nc1c(C(=O)OC)n(CCc2ccc(OC)cc2)c2ncc(NCc3cccc(OC)c3)cc12. The second kappa shape index (κ2) is 12.8. The maximum Gasteiger partial charge on any atom is 0.356 e. The zero-order valence-corrected chi connectivity index (χ0v) is 22.4. The first-order chi connectivity index (χ1) is 19.0. The van der Waals surface area contributed by atoms with E-state index in [4.69, 9.17) is 18.9 Å². The Kier molecular flexibility index (Phi) is 9.01. The van der Waals surface area contributed by atoms with Crippen LogP contribution < -0.4 is 20.1 Å². The number of pyridine rings is 1. The average Bonchev–Trinajstić information content (AvgIpc) is 3.27. The van der Waals surface area contributed by atoms with Crippen molar-refractivity contribution in [2.24, 2.45) is 0 Å². The minimum Gasteiger partial charge on any atom is -0.497 e. The molecule has 2 aromatic heterocycles. The van der Waals surface area contributed by atoms with Crippen LogP contribution in [0, 0.1) is 0 Å². The Bertz CT molecular complexity index is 1450. The van der Waals surface area contributed by atoms with Crippen LogP contribution in [0.15, 0.2) is 60.8 Å². The van der Waals surface area contributed by atoms with Crippen molar-refractivity contribution in [2.75, 3.05) is 45.7 Å². The molecule has 0 saturated heterocycles. The lowest BCUT2D eigenvalue weighted by Gasteiger charge is -2.11. The van der Waals surface area contributed by atoms with Gasteiger partial charge in [0.2, 0.25) is 5.91 Å². The van der Waals surface area contributed by atoms with Crippen molar-refractivity contribution in [1.29, 1.82) is 0 Å². The van der Waals surface area contributed by atoms with Crippen molar-refractivity contribution in [1.82, 2.24) is 9.55 Å². The minimum absolute atomic E-state index is 0.166. The number of hydrogen-bond donors (Lipinski definition) is 2. The van der Waals surface area contributed by atoms with E-state index in [1.165, 1.54) is 14.2 Å². The summed E-state index contributed by atoms with van der Waals surface area (Å²) >= 11 is 0. The summed E-state index contributed by atoms with van der Waals surface area (Å²) in [4.78, 5) is 30.3. The molecule has 0 radical (unpaired) electrons. The number of rotatable bonds is 12. The summed E-state index contributed by atoms with van der Waals surface area (Å²) < 4.78 is 22.4. The molecule has 0 fully saturated rings. The van der Waals surface area contributed by atoms with Gasteiger partial charge in [-0.3, -0.25) is 4.79 Å². The van der Waals surface area contributed by atoms with E-state index >= 15 is 0 Å². The smallest absolute Gasteiger partial charge is 0.356 e. The molecule has 0 bridgehead atoms. The van der Waals surface area contributed by atoms with Gasteiger partial charge in [-0.15, -0.1) is 0 Å². The number of aromatic nitrogens is 2. The number of carbonyl (C=O) groups excluding carboxylic acids is 2. The first kappa shape index (κ1) is 27.5. The molecule has 0 unspecified atom stereocenters. The number of anilines is 2. The summed E-state index contributed by atoms with van der Waals surface area (Å²) in [6.45, 7) is 0.787. The molecular weight excluding hydrogens is 500 g/mol. The van der Waals surface area contributed by atoms with Crippen LogP contribution in [0.2, 0.25) is 0 Å². The number of methoxy groups -OCH3 is 4. The van der Waals surface area contributed by atoms with Crippen LogP contribution in [0.25, 0.3) is 11.0 Å². The van der Waals surface area contributed by atoms with Gasteiger partial charge in [-0.25, -0.2) is 9.78 Å². The first-order valence-corrected chi connectivity index (χ1v) is 12.4. The summed E-state index contributed by atoms with van der Waals surface area (Å²) in [6.07, 6.45) is 2.31. The quantitative estimate of drug-likeness (QED) is 0.260. The summed E-state index contributed by atoms with van der Waals surface area (Å²) in [5, 5.41) is 6.79. The Morgan fingerprint density at radius 2 is 1.69 bits per heavy atom. The van der Waals surface area contributed by atoms with E-state index in [9.17, 15) is 9.59 Å². The fourth-order valence-electron chi connectivity index (χ4n) is 4.30. The van der Waals surface area contributed by atoms with Gasteiger partial charge in [-0.05, 0) is 47.9 Å². The zero-order valence-electron chi connectivity index (χ0n) is 22.4. The highest BCUT2D eigenvalue weighted by atomic mass is 16.5. The molecular formula is C29H32N4O6. The number of amides is 1. The van der Waals surface area contributed by atoms with Gasteiger partial charge in [0.15, 0.2) is 5.69 Å². The monoisotopic (exact) mass is 532 g/mol. The van der Waals surface area contributed by atoms with Crippen LogP contribution in [0.4, 0.5) is 11.4 Å². The Morgan fingerprint density at radius 3 is 2.38 bits per heavy atom. The molecule has 4 aromatic rings. The second-order valence-electron chi connectivity index (χ2n) is 8.75. The van der Waals surface area contributed by atoms with Crippen molar-refractivity contribution >= 4 is 34.3 Å². The topological polar surface area (TPSA) is 113 Å². The van der Waals surface area contributed by atoms with Gasteiger partial charge in [0, 0.05) is 25.6 Å². The van der Waals surface area contributed by atoms with E-state index in [0.717, 1.165) is 28.3 Å². The molecule has 0 atom stereocenters. The number of carbonyl (C=O) groups is 2. The lowest BCUT2D eigenvalue weighted by atomic mass is 10.1. The van der Waals surface area contributed by atoms with Crippen molar-refractivity contribution < 1.29 is 28.5 Å². The third kappa shape index (κ3) is 6.47. The van der Waals surface area contributed by atoms with Gasteiger partial charge in [0.05, 0.1) is 38.9 Å². The molecule has 1 amide bonds. The van der Waals surface area contributed by atoms with E-state index in [1.54, 1.807) is 25.0 Å². The Hall–Kier alpha value is -4.57. The zero-order chi connectivity index (χ0) is 27.8. The summed E-state index contributed by atoms with van der Waals surface area (Å²) in [5.74, 6) is 0.551. The Labute approximate surface area is 226 Å². The summed E-state index contributed by atoms with van der Waals surface area (Å²) in [6, 6.07) is 17.3. The van der Waals surface area contributed by atoms with E-state index in [-0.39, 0.29) is 12.3 Å². The fourth-order valence-corrected chi connectivity index (χ4v) is 4.30. The van der Waals surface area contributed by atoms with E-state index in [2.05, 4.69) is 15.6 Å². The normalized spacial score (nSPS) is 10.8. The predicted octanol–water partition coefficient (Wildman–Crippen LogP) is 4.28. The lowest BCUT2D eigenvalue weighted by molar-refractivity contribution is -0.119.